The van der Waals surface area contributed by atoms with E-state index >= 15 is 0 Å². The van der Waals surface area contributed by atoms with E-state index in [-0.39, 0.29) is 12.1 Å². The van der Waals surface area contributed by atoms with Crippen molar-refractivity contribution in [3.8, 4) is 0 Å². The van der Waals surface area contributed by atoms with Crippen LogP contribution in [0.15, 0.2) is 18.2 Å². The Balaban J connectivity index is 1.90. The van der Waals surface area contributed by atoms with E-state index in [1.165, 1.54) is 0 Å². The zero-order chi connectivity index (χ0) is 16.1. The number of ether oxygens (including phenoxy) is 1. The Labute approximate surface area is 131 Å². The molecule has 1 N–H and O–H groups in total. The van der Waals surface area contributed by atoms with Crippen molar-refractivity contribution in [2.45, 2.75) is 20.8 Å². The minimum absolute atomic E-state index is 0.128. The van der Waals surface area contributed by atoms with Crippen LogP contribution in [0.25, 0.3) is 0 Å². The predicted molar refractivity (Wildman–Crippen MR) is 85.1 cm³/mol. The van der Waals surface area contributed by atoms with Crippen LogP contribution in [-0.2, 0) is 4.74 Å². The third-order valence-electron chi connectivity index (χ3n) is 3.73. The number of anilines is 1. The van der Waals surface area contributed by atoms with E-state index in [9.17, 15) is 9.59 Å². The van der Waals surface area contributed by atoms with Gasteiger partial charge in [-0.1, -0.05) is 12.1 Å². The Hall–Kier alpha value is -2.24. The van der Waals surface area contributed by atoms with E-state index in [2.05, 4.69) is 5.32 Å². The molecular weight excluding hydrogens is 282 g/mol. The summed E-state index contributed by atoms with van der Waals surface area (Å²) in [6.45, 7) is 8.13. The highest BCUT2D eigenvalue weighted by atomic mass is 16.6. The maximum Gasteiger partial charge on any atom is 0.409 e. The predicted octanol–water partition coefficient (Wildman–Crippen LogP) is 2.61. The van der Waals surface area contributed by atoms with Crippen LogP contribution in [0.5, 0.6) is 0 Å². The molecule has 3 amide bonds. The molecular formula is C16H23N3O3. The first kappa shape index (κ1) is 16.1. The number of benzene rings is 1. The van der Waals surface area contributed by atoms with Crippen molar-refractivity contribution in [3.05, 3.63) is 29.3 Å². The van der Waals surface area contributed by atoms with E-state index in [1.807, 2.05) is 32.0 Å². The number of amides is 3. The molecule has 2 rings (SSSR count). The molecule has 0 aliphatic carbocycles. The standard InChI is InChI=1S/C16H23N3O3/c1-4-22-16(21)19-9-7-18(8-10-19)15(20)17-14-11-12(2)5-6-13(14)3/h5-6,11H,4,7-10H2,1-3H3,(H,17,20). The summed E-state index contributed by atoms with van der Waals surface area (Å²) in [5.41, 5.74) is 2.97. The molecule has 120 valence electrons. The molecule has 0 saturated carbocycles. The number of nitrogens with zero attached hydrogens (tertiary/aromatic N) is 2. The van der Waals surface area contributed by atoms with Gasteiger partial charge in [-0.15, -0.1) is 0 Å². The van der Waals surface area contributed by atoms with Gasteiger partial charge in [0.15, 0.2) is 0 Å². The van der Waals surface area contributed by atoms with Crippen LogP contribution in [0.4, 0.5) is 15.3 Å². The molecule has 1 aliphatic rings. The second-order valence-electron chi connectivity index (χ2n) is 5.42. The normalized spacial score (nSPS) is 14.7. The number of piperazine rings is 1. The number of rotatable bonds is 2. The highest BCUT2D eigenvalue weighted by Gasteiger charge is 2.24. The SMILES string of the molecule is CCOC(=O)N1CCN(C(=O)Nc2cc(C)ccc2C)CC1. The van der Waals surface area contributed by atoms with E-state index in [1.54, 1.807) is 16.7 Å². The summed E-state index contributed by atoms with van der Waals surface area (Å²) in [5, 5.41) is 2.94. The molecule has 0 radical (unpaired) electrons. The Bertz CT molecular complexity index is 552. The van der Waals surface area contributed by atoms with Gasteiger partial charge in [-0.25, -0.2) is 9.59 Å². The summed E-state index contributed by atoms with van der Waals surface area (Å²) in [5.74, 6) is 0. The lowest BCUT2D eigenvalue weighted by atomic mass is 10.1. The summed E-state index contributed by atoms with van der Waals surface area (Å²) in [6.07, 6.45) is -0.308. The van der Waals surface area contributed by atoms with Crippen LogP contribution in [0.2, 0.25) is 0 Å². The molecule has 1 aromatic carbocycles. The summed E-state index contributed by atoms with van der Waals surface area (Å²) in [4.78, 5) is 27.3. The largest absolute Gasteiger partial charge is 0.450 e. The van der Waals surface area contributed by atoms with Gasteiger partial charge in [-0.05, 0) is 38.0 Å². The van der Waals surface area contributed by atoms with Gasteiger partial charge >= 0.3 is 12.1 Å². The van der Waals surface area contributed by atoms with Crippen LogP contribution in [-0.4, -0.2) is 54.7 Å². The van der Waals surface area contributed by atoms with Crippen LogP contribution >= 0.6 is 0 Å². The van der Waals surface area contributed by atoms with Crippen LogP contribution in [0, 0.1) is 13.8 Å². The van der Waals surface area contributed by atoms with E-state index < -0.39 is 0 Å². The minimum atomic E-state index is -0.308. The number of carbonyl (C=O) groups excluding carboxylic acids is 2. The Morgan fingerprint density at radius 2 is 1.77 bits per heavy atom. The molecule has 1 heterocycles. The average molecular weight is 305 g/mol. The molecule has 1 aromatic rings. The molecule has 6 heteroatoms. The van der Waals surface area contributed by atoms with Gasteiger partial charge in [-0.3, -0.25) is 0 Å². The monoisotopic (exact) mass is 305 g/mol. The van der Waals surface area contributed by atoms with Crippen LogP contribution < -0.4 is 5.32 Å². The first-order valence-electron chi connectivity index (χ1n) is 7.56. The van der Waals surface area contributed by atoms with Gasteiger partial charge in [0.2, 0.25) is 0 Å². The lowest BCUT2D eigenvalue weighted by molar-refractivity contribution is 0.0868. The van der Waals surface area contributed by atoms with Crippen molar-refractivity contribution >= 4 is 17.8 Å². The quantitative estimate of drug-likeness (QED) is 0.913. The highest BCUT2D eigenvalue weighted by Crippen LogP contribution is 2.17. The highest BCUT2D eigenvalue weighted by molar-refractivity contribution is 5.90. The first-order valence-corrected chi connectivity index (χ1v) is 7.56. The minimum Gasteiger partial charge on any atom is -0.450 e. The molecule has 1 saturated heterocycles. The van der Waals surface area contributed by atoms with Crippen molar-refractivity contribution in [2.24, 2.45) is 0 Å². The molecule has 1 aliphatic heterocycles. The number of nitrogens with one attached hydrogen (secondary N) is 1. The van der Waals surface area contributed by atoms with Gasteiger partial charge in [0.05, 0.1) is 6.61 Å². The molecule has 0 bridgehead atoms. The second kappa shape index (κ2) is 7.15. The lowest BCUT2D eigenvalue weighted by Crippen LogP contribution is -2.51. The third-order valence-corrected chi connectivity index (χ3v) is 3.73. The number of hydrogen-bond donors (Lipinski definition) is 1. The zero-order valence-corrected chi connectivity index (χ0v) is 13.4. The van der Waals surface area contributed by atoms with Crippen molar-refractivity contribution in [3.63, 3.8) is 0 Å². The number of hydrogen-bond acceptors (Lipinski definition) is 3. The maximum atomic E-state index is 12.3. The van der Waals surface area contributed by atoms with E-state index in [4.69, 9.17) is 4.74 Å². The first-order chi connectivity index (χ1) is 10.5. The fourth-order valence-corrected chi connectivity index (χ4v) is 2.37. The van der Waals surface area contributed by atoms with Gasteiger partial charge < -0.3 is 19.9 Å². The smallest absolute Gasteiger partial charge is 0.409 e. The number of carbonyl (C=O) groups is 2. The average Bonchev–Trinajstić information content (AvgIpc) is 2.51. The summed E-state index contributed by atoms with van der Waals surface area (Å²) >= 11 is 0. The summed E-state index contributed by atoms with van der Waals surface area (Å²) in [6, 6.07) is 5.84. The summed E-state index contributed by atoms with van der Waals surface area (Å²) in [7, 11) is 0. The van der Waals surface area contributed by atoms with Crippen molar-refractivity contribution in [1.29, 1.82) is 0 Å². The van der Waals surface area contributed by atoms with Crippen molar-refractivity contribution < 1.29 is 14.3 Å². The lowest BCUT2D eigenvalue weighted by Gasteiger charge is -2.34. The molecule has 0 atom stereocenters. The van der Waals surface area contributed by atoms with Crippen LogP contribution in [0.1, 0.15) is 18.1 Å². The Kier molecular flexibility index (Phi) is 5.25. The maximum absolute atomic E-state index is 12.3. The molecule has 1 fully saturated rings. The summed E-state index contributed by atoms with van der Waals surface area (Å²) < 4.78 is 4.97. The molecule has 0 spiro atoms. The van der Waals surface area contributed by atoms with Crippen LogP contribution in [0.3, 0.4) is 0 Å². The van der Waals surface area contributed by atoms with Gasteiger partial charge in [0, 0.05) is 31.9 Å². The molecule has 6 nitrogen and oxygen atoms in total. The second-order valence-corrected chi connectivity index (χ2v) is 5.42. The fourth-order valence-electron chi connectivity index (χ4n) is 2.37. The van der Waals surface area contributed by atoms with Crippen molar-refractivity contribution in [2.75, 3.05) is 38.1 Å². The topological polar surface area (TPSA) is 61.9 Å². The van der Waals surface area contributed by atoms with Gasteiger partial charge in [0.1, 0.15) is 0 Å². The third kappa shape index (κ3) is 3.90. The molecule has 22 heavy (non-hydrogen) atoms. The number of aryl methyl sites for hydroxylation is 2. The van der Waals surface area contributed by atoms with E-state index in [0.717, 1.165) is 16.8 Å². The molecule has 0 unspecified atom stereocenters. The fraction of sp³-hybridized carbons (Fsp3) is 0.500. The zero-order valence-electron chi connectivity index (χ0n) is 13.4. The van der Waals surface area contributed by atoms with Gasteiger partial charge in [-0.2, -0.15) is 0 Å². The Morgan fingerprint density at radius 1 is 1.14 bits per heavy atom. The number of urea groups is 1. The molecule has 0 aromatic heterocycles. The van der Waals surface area contributed by atoms with Gasteiger partial charge in [0.25, 0.3) is 0 Å². The van der Waals surface area contributed by atoms with E-state index in [0.29, 0.717) is 32.8 Å². The van der Waals surface area contributed by atoms with Crippen molar-refractivity contribution in [1.82, 2.24) is 9.80 Å². The Morgan fingerprint density at radius 3 is 2.41 bits per heavy atom.